The number of nitrogens with zero attached hydrogens (tertiary/aromatic N) is 1. The molecular formula is C20H25NOS. The lowest BCUT2D eigenvalue weighted by Crippen LogP contribution is -2.22. The van der Waals surface area contributed by atoms with Crippen LogP contribution in [0.3, 0.4) is 0 Å². The van der Waals surface area contributed by atoms with Crippen molar-refractivity contribution in [1.82, 2.24) is 0 Å². The molecule has 0 N–H and O–H groups in total. The van der Waals surface area contributed by atoms with Gasteiger partial charge in [0.25, 0.3) is 0 Å². The van der Waals surface area contributed by atoms with Crippen molar-refractivity contribution in [3.05, 3.63) is 71.7 Å². The first kappa shape index (κ1) is 17.4. The first-order valence-corrected chi connectivity index (χ1v) is 9.83. The second kappa shape index (κ2) is 6.25. The molecule has 0 saturated heterocycles. The van der Waals surface area contributed by atoms with E-state index in [1.165, 1.54) is 0 Å². The number of Topliss-reactive ketones (excluding diaryl/α,β-unsaturated/α-hetero) is 1. The van der Waals surface area contributed by atoms with Gasteiger partial charge in [-0.2, -0.15) is 10.0 Å². The van der Waals surface area contributed by atoms with E-state index in [2.05, 4.69) is 43.9 Å². The normalized spacial score (nSPS) is 22.9. The zero-order chi connectivity index (χ0) is 17.4. The van der Waals surface area contributed by atoms with Crippen molar-refractivity contribution < 1.29 is 4.79 Å². The summed E-state index contributed by atoms with van der Waals surface area (Å²) in [7, 11) is 2.71. The van der Waals surface area contributed by atoms with Crippen LogP contribution in [0.4, 0.5) is 5.69 Å². The number of carbonyl (C=O) groups excluding carboxylic acids is 1. The highest BCUT2D eigenvalue weighted by molar-refractivity contribution is 8.36. The molecular weight excluding hydrogens is 302 g/mol. The van der Waals surface area contributed by atoms with Crippen LogP contribution in [0.2, 0.25) is 0 Å². The van der Waals surface area contributed by atoms with E-state index in [9.17, 15) is 4.79 Å². The first-order valence-electron chi connectivity index (χ1n) is 7.62. The Labute approximate surface area is 141 Å². The van der Waals surface area contributed by atoms with E-state index >= 15 is 0 Å². The Morgan fingerprint density at radius 3 is 2.43 bits per heavy atom. The molecule has 1 aliphatic rings. The van der Waals surface area contributed by atoms with Crippen LogP contribution in [0.15, 0.2) is 71.0 Å². The third-order valence-electron chi connectivity index (χ3n) is 4.50. The highest BCUT2D eigenvalue weighted by atomic mass is 32.3. The molecule has 2 nitrogen and oxygen atoms in total. The summed E-state index contributed by atoms with van der Waals surface area (Å²) < 4.78 is 0. The van der Waals surface area contributed by atoms with E-state index in [-0.39, 0.29) is 5.78 Å². The molecule has 2 rings (SSSR count). The minimum absolute atomic E-state index is 0.0310. The van der Waals surface area contributed by atoms with Gasteiger partial charge in [-0.15, -0.1) is 0 Å². The fraction of sp³-hybridized carbons (Fsp3) is 0.250. The quantitative estimate of drug-likeness (QED) is 0.714. The number of benzene rings is 1. The minimum atomic E-state index is -1.32. The van der Waals surface area contributed by atoms with Crippen LogP contribution < -0.4 is 4.90 Å². The molecule has 0 bridgehead atoms. The van der Waals surface area contributed by atoms with Crippen LogP contribution in [0.25, 0.3) is 0 Å². The molecule has 0 aliphatic carbocycles. The Balaban J connectivity index is 2.85. The molecule has 23 heavy (non-hydrogen) atoms. The highest BCUT2D eigenvalue weighted by Gasteiger charge is 2.37. The average Bonchev–Trinajstić information content (AvgIpc) is 2.56. The number of hydrogen-bond acceptors (Lipinski definition) is 2. The van der Waals surface area contributed by atoms with Crippen molar-refractivity contribution in [2.45, 2.75) is 11.8 Å². The van der Waals surface area contributed by atoms with E-state index < -0.39 is 10.0 Å². The van der Waals surface area contributed by atoms with Crippen molar-refractivity contribution in [2.24, 2.45) is 0 Å². The van der Waals surface area contributed by atoms with Gasteiger partial charge in [-0.05, 0) is 35.8 Å². The summed E-state index contributed by atoms with van der Waals surface area (Å²) in [5.41, 5.74) is 3.26. The van der Waals surface area contributed by atoms with Gasteiger partial charge in [-0.3, -0.25) is 4.79 Å². The average molecular weight is 327 g/mol. The summed E-state index contributed by atoms with van der Waals surface area (Å²) in [6, 6.07) is 6.10. The van der Waals surface area contributed by atoms with Crippen LogP contribution in [0.1, 0.15) is 17.3 Å². The van der Waals surface area contributed by atoms with Crippen LogP contribution >= 0.6 is 10.0 Å². The molecule has 1 aliphatic heterocycles. The molecule has 1 aromatic rings. The van der Waals surface area contributed by atoms with E-state index in [0.717, 1.165) is 26.8 Å². The summed E-state index contributed by atoms with van der Waals surface area (Å²) in [5.74, 6) is 0.989. The standard InChI is InChI=1S/C20H25NOS/c1-8-14(4)19-17(9-2)23(7,10-3)18-13-15(21(5)6)11-12-16(18)20(19)22/h8-9,11-13H,1-2,4,10H2,3,5-7H3. The predicted octanol–water partition coefficient (Wildman–Crippen LogP) is 4.94. The molecule has 1 aromatic carbocycles. The van der Waals surface area contributed by atoms with E-state index in [1.807, 2.05) is 32.3 Å². The summed E-state index contributed by atoms with van der Waals surface area (Å²) in [4.78, 5) is 17.3. The van der Waals surface area contributed by atoms with Crippen LogP contribution in [-0.2, 0) is 0 Å². The van der Waals surface area contributed by atoms with Gasteiger partial charge in [0, 0.05) is 40.7 Å². The molecule has 0 aromatic heterocycles. The third kappa shape index (κ3) is 2.59. The summed E-state index contributed by atoms with van der Waals surface area (Å²) in [6.07, 6.45) is 5.75. The van der Waals surface area contributed by atoms with Gasteiger partial charge in [0.2, 0.25) is 0 Å². The van der Waals surface area contributed by atoms with Gasteiger partial charge in [0.1, 0.15) is 0 Å². The molecule has 0 amide bonds. The second-order valence-corrected chi connectivity index (χ2v) is 9.59. The molecule has 0 spiro atoms. The van der Waals surface area contributed by atoms with Crippen molar-refractivity contribution in [1.29, 1.82) is 0 Å². The molecule has 1 heterocycles. The maximum absolute atomic E-state index is 13.1. The molecule has 122 valence electrons. The fourth-order valence-corrected chi connectivity index (χ4v) is 5.87. The molecule has 3 heteroatoms. The van der Waals surface area contributed by atoms with Gasteiger partial charge in [-0.1, -0.05) is 38.8 Å². The maximum atomic E-state index is 13.1. The Hall–Kier alpha value is -2.00. The van der Waals surface area contributed by atoms with E-state index in [0.29, 0.717) is 11.1 Å². The lowest BCUT2D eigenvalue weighted by molar-refractivity contribution is 0.103. The molecule has 0 fully saturated rings. The van der Waals surface area contributed by atoms with Gasteiger partial charge in [0.15, 0.2) is 5.78 Å². The number of anilines is 1. The second-order valence-electron chi connectivity index (χ2n) is 5.95. The number of allylic oxidation sites excluding steroid dienone is 4. The Kier molecular flexibility index (Phi) is 4.71. The van der Waals surface area contributed by atoms with Crippen LogP contribution in [0, 0.1) is 0 Å². The largest absolute Gasteiger partial charge is 0.378 e. The lowest BCUT2D eigenvalue weighted by atomic mass is 9.96. The number of hydrogen-bond donors (Lipinski definition) is 0. The SMILES string of the molecule is C=CC(=C)C1=C(C=C)S(C)(CC)c2cc(N(C)C)ccc2C1=O. The Morgan fingerprint density at radius 2 is 1.96 bits per heavy atom. The third-order valence-corrected chi connectivity index (χ3v) is 8.31. The molecule has 1 atom stereocenters. The zero-order valence-electron chi connectivity index (χ0n) is 14.5. The van der Waals surface area contributed by atoms with Crippen molar-refractivity contribution in [2.75, 3.05) is 31.0 Å². The van der Waals surface area contributed by atoms with Crippen molar-refractivity contribution in [3.63, 3.8) is 0 Å². The van der Waals surface area contributed by atoms with Gasteiger partial charge >= 0.3 is 0 Å². The first-order chi connectivity index (χ1) is 10.8. The summed E-state index contributed by atoms with van der Waals surface area (Å²) in [5, 5.41) is 0. The highest BCUT2D eigenvalue weighted by Crippen LogP contribution is 2.65. The van der Waals surface area contributed by atoms with Gasteiger partial charge in [0.05, 0.1) is 0 Å². The summed E-state index contributed by atoms with van der Waals surface area (Å²) >= 11 is 0. The Morgan fingerprint density at radius 1 is 1.30 bits per heavy atom. The number of fused-ring (bicyclic) bond motifs is 1. The summed E-state index contributed by atoms with van der Waals surface area (Å²) in [6.45, 7) is 14.0. The smallest absolute Gasteiger partial charge is 0.195 e. The Bertz CT molecular complexity index is 742. The number of rotatable bonds is 5. The minimum Gasteiger partial charge on any atom is -0.378 e. The monoisotopic (exact) mass is 327 g/mol. The fourth-order valence-electron chi connectivity index (χ4n) is 2.94. The number of carbonyl (C=O) groups is 1. The lowest BCUT2D eigenvalue weighted by Gasteiger charge is -2.43. The van der Waals surface area contributed by atoms with Gasteiger partial charge < -0.3 is 4.90 Å². The van der Waals surface area contributed by atoms with Gasteiger partial charge in [-0.25, -0.2) is 0 Å². The molecule has 0 radical (unpaired) electrons. The van der Waals surface area contributed by atoms with Crippen molar-refractivity contribution >= 4 is 21.5 Å². The van der Waals surface area contributed by atoms with E-state index in [1.54, 1.807) is 6.08 Å². The molecule has 1 unspecified atom stereocenters. The van der Waals surface area contributed by atoms with E-state index in [4.69, 9.17) is 0 Å². The molecule has 0 saturated carbocycles. The zero-order valence-corrected chi connectivity index (χ0v) is 15.3. The number of ketones is 1. The maximum Gasteiger partial charge on any atom is 0.195 e. The topological polar surface area (TPSA) is 20.3 Å². The van der Waals surface area contributed by atoms with Crippen LogP contribution in [0.5, 0.6) is 0 Å². The predicted molar refractivity (Wildman–Crippen MR) is 104 cm³/mol. The van der Waals surface area contributed by atoms with Crippen LogP contribution in [-0.4, -0.2) is 31.9 Å². The van der Waals surface area contributed by atoms with Crippen molar-refractivity contribution in [3.8, 4) is 0 Å².